The van der Waals surface area contributed by atoms with Crippen LogP contribution in [0.3, 0.4) is 0 Å². The third kappa shape index (κ3) is 6.15. The number of piperazine rings is 1. The number of hydrogen-bond donors (Lipinski definition) is 0. The summed E-state index contributed by atoms with van der Waals surface area (Å²) in [5, 5.41) is 0.709. The Morgan fingerprint density at radius 1 is 1.11 bits per heavy atom. The fraction of sp³-hybridized carbons (Fsp3) is 0.472. The van der Waals surface area contributed by atoms with Gasteiger partial charge in [-0.05, 0) is 94.7 Å². The Kier molecular flexibility index (Phi) is 8.44. The minimum absolute atomic E-state index is 0.0148. The fourth-order valence-corrected chi connectivity index (χ4v) is 6.44. The van der Waals surface area contributed by atoms with Gasteiger partial charge >= 0.3 is 11.8 Å². The quantitative estimate of drug-likeness (QED) is 0.228. The zero-order chi connectivity index (χ0) is 33.8. The summed E-state index contributed by atoms with van der Waals surface area (Å²) in [4.78, 5) is 45.7. The van der Waals surface area contributed by atoms with Crippen molar-refractivity contribution in [2.45, 2.75) is 84.8 Å². The monoisotopic (exact) mass is 642 g/mol. The topological polar surface area (TPSA) is 103 Å². The maximum absolute atomic E-state index is 15.1. The Morgan fingerprint density at radius 2 is 1.85 bits per heavy atom. The maximum atomic E-state index is 15.1. The third-order valence-electron chi connectivity index (χ3n) is 8.80. The summed E-state index contributed by atoms with van der Waals surface area (Å²) in [6, 6.07) is 8.60. The number of aryl methyl sites for hydroxylation is 1. The molecule has 1 saturated carbocycles. The molecule has 4 aromatic rings. The van der Waals surface area contributed by atoms with Crippen LogP contribution >= 0.6 is 0 Å². The summed E-state index contributed by atoms with van der Waals surface area (Å²) >= 11 is 0. The number of nitrogens with zero attached hydrogens (tertiary/aromatic N) is 6. The molecule has 0 spiro atoms. The van der Waals surface area contributed by atoms with Gasteiger partial charge in [0.25, 0.3) is 0 Å². The molecule has 47 heavy (non-hydrogen) atoms. The molecule has 0 N–H and O–H groups in total. The van der Waals surface area contributed by atoms with Gasteiger partial charge in [-0.15, -0.1) is 0 Å². The largest absolute Gasteiger partial charge is 0.493 e. The fourth-order valence-electron chi connectivity index (χ4n) is 6.44. The number of rotatable bonds is 6. The summed E-state index contributed by atoms with van der Waals surface area (Å²) in [5.74, 6) is 0.384. The predicted octanol–water partition coefficient (Wildman–Crippen LogP) is 6.75. The lowest BCUT2D eigenvalue weighted by molar-refractivity contribution is 0.0218. The zero-order valence-corrected chi connectivity index (χ0v) is 28.4. The van der Waals surface area contributed by atoms with Crippen molar-refractivity contribution in [2.75, 3.05) is 31.6 Å². The number of hydrogen-bond acceptors (Lipinski definition) is 8. The number of aromatic nitrogens is 4. The van der Waals surface area contributed by atoms with Crippen LogP contribution in [0, 0.1) is 12.7 Å². The van der Waals surface area contributed by atoms with Crippen molar-refractivity contribution in [3.05, 3.63) is 69.7 Å². The summed E-state index contributed by atoms with van der Waals surface area (Å²) in [6.07, 6.45) is 3.34. The molecule has 3 aromatic heterocycles. The summed E-state index contributed by atoms with van der Waals surface area (Å²) in [6.45, 7) is 14.8. The van der Waals surface area contributed by atoms with E-state index in [-0.39, 0.29) is 29.7 Å². The molecule has 4 heterocycles. The number of amides is 1. The molecule has 2 fully saturated rings. The first-order valence-electron chi connectivity index (χ1n) is 16.3. The lowest BCUT2D eigenvalue weighted by Gasteiger charge is -2.41. The molecule has 2 aliphatic rings. The van der Waals surface area contributed by atoms with E-state index in [1.165, 1.54) is 13.2 Å². The Bertz CT molecular complexity index is 1910. The van der Waals surface area contributed by atoms with Crippen LogP contribution in [0.2, 0.25) is 0 Å². The third-order valence-corrected chi connectivity index (χ3v) is 8.80. The molecule has 6 rings (SSSR count). The normalized spacial score (nSPS) is 17.0. The lowest BCUT2D eigenvalue weighted by Crippen LogP contribution is -2.55. The minimum atomic E-state index is -0.605. The van der Waals surface area contributed by atoms with Crippen LogP contribution in [0.1, 0.15) is 83.0 Å². The number of halogens is 1. The van der Waals surface area contributed by atoms with Gasteiger partial charge in [0, 0.05) is 37.4 Å². The second-order valence-corrected chi connectivity index (χ2v) is 13.9. The van der Waals surface area contributed by atoms with Crippen molar-refractivity contribution in [1.29, 1.82) is 0 Å². The first-order chi connectivity index (χ1) is 22.3. The standard InChI is InChI=1S/C36H43FN6O4/c1-20(2)28-30(21(3)14-15-38-28)43-33-26(18-25(23-12-13-23)29(39-33)24-10-9-11-27(37)31(24)46-8)32(40-34(43)44)42-17-16-41(19-22(42)4)35(45)47-36(5,6)7/h9-11,14-15,18,20,22-23H,12-13,16-17,19H2,1-8H3. The van der Waals surface area contributed by atoms with E-state index >= 15 is 4.39 Å². The van der Waals surface area contributed by atoms with Crippen molar-refractivity contribution in [1.82, 2.24) is 24.4 Å². The van der Waals surface area contributed by atoms with Crippen molar-refractivity contribution in [3.63, 3.8) is 0 Å². The minimum Gasteiger partial charge on any atom is -0.493 e. The highest BCUT2D eigenvalue weighted by Gasteiger charge is 2.35. The van der Waals surface area contributed by atoms with Crippen LogP contribution in [0.4, 0.5) is 15.0 Å². The first kappa shape index (κ1) is 32.4. The van der Waals surface area contributed by atoms with E-state index in [1.54, 1.807) is 27.8 Å². The van der Waals surface area contributed by atoms with Crippen LogP contribution in [0.25, 0.3) is 28.0 Å². The Morgan fingerprint density at radius 3 is 2.49 bits per heavy atom. The number of para-hydroxylation sites is 1. The highest BCUT2D eigenvalue weighted by molar-refractivity contribution is 5.92. The van der Waals surface area contributed by atoms with E-state index in [0.717, 1.165) is 29.7 Å². The van der Waals surface area contributed by atoms with Crippen LogP contribution in [-0.2, 0) is 4.74 Å². The highest BCUT2D eigenvalue weighted by atomic mass is 19.1. The molecular formula is C36H43FN6O4. The molecular weight excluding hydrogens is 599 g/mol. The Hall–Kier alpha value is -4.54. The molecule has 1 saturated heterocycles. The smallest absolute Gasteiger partial charge is 0.410 e. The molecule has 1 aromatic carbocycles. The van der Waals surface area contributed by atoms with Crippen LogP contribution in [0.15, 0.2) is 41.3 Å². The van der Waals surface area contributed by atoms with Gasteiger partial charge in [-0.1, -0.05) is 19.9 Å². The van der Waals surface area contributed by atoms with Gasteiger partial charge in [-0.3, -0.25) is 4.98 Å². The van der Waals surface area contributed by atoms with E-state index in [2.05, 4.69) is 16.0 Å². The van der Waals surface area contributed by atoms with Crippen molar-refractivity contribution >= 4 is 22.9 Å². The van der Waals surface area contributed by atoms with E-state index in [1.807, 2.05) is 54.5 Å². The van der Waals surface area contributed by atoms with Gasteiger partial charge in [0.05, 0.1) is 29.6 Å². The molecule has 0 radical (unpaired) electrons. The van der Waals surface area contributed by atoms with E-state index in [4.69, 9.17) is 19.4 Å². The predicted molar refractivity (Wildman–Crippen MR) is 180 cm³/mol. The molecule has 248 valence electrons. The molecule has 1 amide bonds. The maximum Gasteiger partial charge on any atom is 0.410 e. The number of benzene rings is 1. The van der Waals surface area contributed by atoms with Crippen molar-refractivity contribution in [3.8, 4) is 22.7 Å². The number of fused-ring (bicyclic) bond motifs is 1. The van der Waals surface area contributed by atoms with Crippen LogP contribution in [-0.4, -0.2) is 68.9 Å². The van der Waals surface area contributed by atoms with Gasteiger partial charge in [-0.25, -0.2) is 23.5 Å². The van der Waals surface area contributed by atoms with Gasteiger partial charge in [-0.2, -0.15) is 4.98 Å². The number of pyridine rings is 2. The number of methoxy groups -OCH3 is 1. The lowest BCUT2D eigenvalue weighted by atomic mass is 9.99. The molecule has 11 heteroatoms. The van der Waals surface area contributed by atoms with E-state index < -0.39 is 17.1 Å². The number of anilines is 1. The molecule has 1 aliphatic heterocycles. The van der Waals surface area contributed by atoms with Gasteiger partial charge in [0.1, 0.15) is 11.4 Å². The zero-order valence-electron chi connectivity index (χ0n) is 28.4. The average Bonchev–Trinajstić information content (AvgIpc) is 3.85. The second kappa shape index (κ2) is 12.2. The summed E-state index contributed by atoms with van der Waals surface area (Å²) in [5.41, 5.74) is 3.63. The number of carbonyl (C=O) groups excluding carboxylic acids is 1. The van der Waals surface area contributed by atoms with E-state index in [9.17, 15) is 9.59 Å². The molecule has 1 unspecified atom stereocenters. The molecule has 1 atom stereocenters. The number of carbonyl (C=O) groups is 1. The van der Waals surface area contributed by atoms with Gasteiger partial charge in [0.2, 0.25) is 0 Å². The molecule has 0 bridgehead atoms. The molecule has 10 nitrogen and oxygen atoms in total. The highest BCUT2D eigenvalue weighted by Crippen LogP contribution is 2.47. The first-order valence-corrected chi connectivity index (χ1v) is 16.3. The average molecular weight is 643 g/mol. The number of ether oxygens (including phenoxy) is 2. The SMILES string of the molecule is COc1c(F)cccc1-c1nc2c(cc1C1CC1)c(N1CCN(C(=O)OC(C)(C)C)CC1C)nc(=O)n2-c1c(C)ccnc1C(C)C. The second-order valence-electron chi connectivity index (χ2n) is 13.9. The van der Waals surface area contributed by atoms with Gasteiger partial charge < -0.3 is 19.3 Å². The summed E-state index contributed by atoms with van der Waals surface area (Å²) in [7, 11) is 1.45. The van der Waals surface area contributed by atoms with Crippen LogP contribution in [0.5, 0.6) is 5.75 Å². The van der Waals surface area contributed by atoms with Crippen molar-refractivity contribution < 1.29 is 18.7 Å². The summed E-state index contributed by atoms with van der Waals surface area (Å²) < 4.78 is 27.8. The van der Waals surface area contributed by atoms with E-state index in [0.29, 0.717) is 53.4 Å². The Labute approximate surface area is 274 Å². The molecule has 1 aliphatic carbocycles. The van der Waals surface area contributed by atoms with Gasteiger partial charge in [0.15, 0.2) is 17.2 Å². The Balaban J connectivity index is 1.60. The van der Waals surface area contributed by atoms with Crippen LogP contribution < -0.4 is 15.3 Å². The van der Waals surface area contributed by atoms with Crippen molar-refractivity contribution in [2.24, 2.45) is 0 Å².